The van der Waals surface area contributed by atoms with Gasteiger partial charge in [0.15, 0.2) is 5.82 Å². The van der Waals surface area contributed by atoms with Crippen LogP contribution in [0, 0.1) is 0 Å². The second-order valence-electron chi connectivity index (χ2n) is 10.5. The Hall–Kier alpha value is -5.67. The predicted octanol–water partition coefficient (Wildman–Crippen LogP) is 10.00. The Morgan fingerprint density at radius 1 is 0.357 bits per heavy atom. The third-order valence-electron chi connectivity index (χ3n) is 7.97. The lowest BCUT2D eigenvalue weighted by atomic mass is 9.92. The van der Waals surface area contributed by atoms with Crippen LogP contribution in [-0.2, 0) is 0 Å². The largest absolute Gasteiger partial charge is 0.264 e. The minimum absolute atomic E-state index is 0.701. The summed E-state index contributed by atoms with van der Waals surface area (Å²) in [6.07, 6.45) is 3.70. The summed E-state index contributed by atoms with van der Waals surface area (Å²) in [7, 11) is 0. The molecule has 42 heavy (non-hydrogen) atoms. The molecule has 0 fully saturated rings. The van der Waals surface area contributed by atoms with E-state index in [-0.39, 0.29) is 0 Å². The molecule has 3 nitrogen and oxygen atoms in total. The van der Waals surface area contributed by atoms with E-state index in [1.54, 1.807) is 6.20 Å². The summed E-state index contributed by atoms with van der Waals surface area (Å²) in [4.78, 5) is 14.6. The van der Waals surface area contributed by atoms with Gasteiger partial charge in [-0.05, 0) is 56.1 Å². The summed E-state index contributed by atoms with van der Waals surface area (Å²) in [5.74, 6) is 0.701. The Balaban J connectivity index is 1.39. The smallest absolute Gasteiger partial charge is 0.160 e. The lowest BCUT2D eigenvalue weighted by Gasteiger charge is -2.14. The highest BCUT2D eigenvalue weighted by molar-refractivity contribution is 6.25. The standard InChI is InChI=1S/C39H25N3/c1-2-11-26(12-3-1)39-41-37(24-38(42-39)35-19-9-4-14-29(35)28-13-10-22-40-25-28)27-20-21-34-32-17-6-5-15-30(32)31-16-7-8-18-33(31)36(34)23-27/h1-25H. The van der Waals surface area contributed by atoms with Gasteiger partial charge in [-0.1, -0.05) is 121 Å². The Morgan fingerprint density at radius 3 is 1.62 bits per heavy atom. The van der Waals surface area contributed by atoms with Crippen molar-refractivity contribution in [2.75, 3.05) is 0 Å². The van der Waals surface area contributed by atoms with Crippen LogP contribution in [0.3, 0.4) is 0 Å². The first kappa shape index (κ1) is 24.2. The molecule has 8 rings (SSSR count). The van der Waals surface area contributed by atoms with E-state index in [0.29, 0.717) is 5.82 Å². The molecule has 0 atom stereocenters. The molecular weight excluding hydrogens is 510 g/mol. The van der Waals surface area contributed by atoms with Crippen molar-refractivity contribution < 1.29 is 0 Å². The summed E-state index contributed by atoms with van der Waals surface area (Å²) in [5.41, 5.74) is 6.99. The molecule has 3 heteroatoms. The molecule has 6 aromatic carbocycles. The Kier molecular flexibility index (Phi) is 5.79. The van der Waals surface area contributed by atoms with Crippen LogP contribution in [0.15, 0.2) is 152 Å². The number of fused-ring (bicyclic) bond motifs is 6. The van der Waals surface area contributed by atoms with Crippen LogP contribution in [0.5, 0.6) is 0 Å². The molecule has 2 heterocycles. The molecule has 8 aromatic rings. The van der Waals surface area contributed by atoms with E-state index in [9.17, 15) is 0 Å². The zero-order valence-corrected chi connectivity index (χ0v) is 22.8. The number of pyridine rings is 1. The van der Waals surface area contributed by atoms with Crippen molar-refractivity contribution in [2.24, 2.45) is 0 Å². The summed E-state index contributed by atoms with van der Waals surface area (Å²) < 4.78 is 0. The second kappa shape index (κ2) is 10.1. The molecule has 0 amide bonds. The highest BCUT2D eigenvalue weighted by Crippen LogP contribution is 2.38. The number of hydrogen-bond donors (Lipinski definition) is 0. The van der Waals surface area contributed by atoms with E-state index in [2.05, 4.69) is 120 Å². The molecule has 0 saturated carbocycles. The molecule has 0 bridgehead atoms. The molecule has 0 radical (unpaired) electrons. The maximum atomic E-state index is 5.13. The highest BCUT2D eigenvalue weighted by atomic mass is 14.9. The van der Waals surface area contributed by atoms with Crippen molar-refractivity contribution >= 4 is 32.3 Å². The average Bonchev–Trinajstić information content (AvgIpc) is 3.09. The van der Waals surface area contributed by atoms with Crippen molar-refractivity contribution in [1.29, 1.82) is 0 Å². The van der Waals surface area contributed by atoms with E-state index >= 15 is 0 Å². The zero-order chi connectivity index (χ0) is 27.9. The Labute approximate surface area is 243 Å². The van der Waals surface area contributed by atoms with Crippen LogP contribution in [0.4, 0.5) is 0 Å². The summed E-state index contributed by atoms with van der Waals surface area (Å²) >= 11 is 0. The minimum Gasteiger partial charge on any atom is -0.264 e. The molecule has 0 aliphatic rings. The van der Waals surface area contributed by atoms with Gasteiger partial charge < -0.3 is 0 Å². The van der Waals surface area contributed by atoms with Gasteiger partial charge in [0, 0.05) is 34.6 Å². The lowest BCUT2D eigenvalue weighted by Crippen LogP contribution is -1.97. The molecule has 0 saturated heterocycles. The molecule has 2 aromatic heterocycles. The van der Waals surface area contributed by atoms with Crippen molar-refractivity contribution in [3.05, 3.63) is 152 Å². The van der Waals surface area contributed by atoms with Crippen molar-refractivity contribution in [1.82, 2.24) is 15.0 Å². The maximum absolute atomic E-state index is 5.13. The lowest BCUT2D eigenvalue weighted by molar-refractivity contribution is 1.18. The van der Waals surface area contributed by atoms with Crippen LogP contribution in [0.25, 0.3) is 77.3 Å². The van der Waals surface area contributed by atoms with Gasteiger partial charge in [0.05, 0.1) is 11.4 Å². The van der Waals surface area contributed by atoms with Gasteiger partial charge in [-0.25, -0.2) is 9.97 Å². The first-order chi connectivity index (χ1) is 20.8. The number of hydrogen-bond acceptors (Lipinski definition) is 3. The van der Waals surface area contributed by atoms with Crippen LogP contribution >= 0.6 is 0 Å². The highest BCUT2D eigenvalue weighted by Gasteiger charge is 2.15. The first-order valence-corrected chi connectivity index (χ1v) is 14.1. The fourth-order valence-corrected chi connectivity index (χ4v) is 6.00. The number of benzene rings is 6. The molecule has 196 valence electrons. The van der Waals surface area contributed by atoms with Gasteiger partial charge in [0.25, 0.3) is 0 Å². The van der Waals surface area contributed by atoms with E-state index in [4.69, 9.17) is 9.97 Å². The normalized spacial score (nSPS) is 11.3. The molecule has 0 spiro atoms. The topological polar surface area (TPSA) is 38.7 Å². The van der Waals surface area contributed by atoms with Gasteiger partial charge in [-0.15, -0.1) is 0 Å². The van der Waals surface area contributed by atoms with E-state index in [0.717, 1.165) is 39.2 Å². The number of nitrogens with zero attached hydrogens (tertiary/aromatic N) is 3. The average molecular weight is 536 g/mol. The molecule has 0 unspecified atom stereocenters. The fourth-order valence-electron chi connectivity index (χ4n) is 6.00. The van der Waals surface area contributed by atoms with E-state index in [1.165, 1.54) is 32.3 Å². The Bertz CT molecular complexity index is 2200. The van der Waals surface area contributed by atoms with Gasteiger partial charge >= 0.3 is 0 Å². The predicted molar refractivity (Wildman–Crippen MR) is 174 cm³/mol. The van der Waals surface area contributed by atoms with Gasteiger partial charge in [-0.3, -0.25) is 4.98 Å². The van der Waals surface area contributed by atoms with Crippen molar-refractivity contribution in [3.8, 4) is 45.0 Å². The van der Waals surface area contributed by atoms with Gasteiger partial charge in [0.1, 0.15) is 0 Å². The van der Waals surface area contributed by atoms with Gasteiger partial charge in [-0.2, -0.15) is 0 Å². The zero-order valence-electron chi connectivity index (χ0n) is 22.8. The molecule has 0 aliphatic heterocycles. The summed E-state index contributed by atoms with van der Waals surface area (Å²) in [5, 5.41) is 7.50. The number of rotatable bonds is 4. The second-order valence-corrected chi connectivity index (χ2v) is 10.5. The van der Waals surface area contributed by atoms with Crippen LogP contribution in [0.2, 0.25) is 0 Å². The summed E-state index contributed by atoms with van der Waals surface area (Å²) in [6, 6.07) is 48.8. The molecule has 0 aliphatic carbocycles. The summed E-state index contributed by atoms with van der Waals surface area (Å²) in [6.45, 7) is 0. The fraction of sp³-hybridized carbons (Fsp3) is 0. The monoisotopic (exact) mass is 535 g/mol. The minimum atomic E-state index is 0.701. The number of aromatic nitrogens is 3. The quantitative estimate of drug-likeness (QED) is 0.211. The molecule has 0 N–H and O–H groups in total. The molecular formula is C39H25N3. The van der Waals surface area contributed by atoms with Crippen molar-refractivity contribution in [3.63, 3.8) is 0 Å². The SMILES string of the molecule is c1ccc(-c2nc(-c3ccc4c5ccccc5c5ccccc5c4c3)cc(-c3ccccc3-c3cccnc3)n2)cc1. The maximum Gasteiger partial charge on any atom is 0.160 e. The third-order valence-corrected chi connectivity index (χ3v) is 7.97. The van der Waals surface area contributed by atoms with Crippen LogP contribution in [0.1, 0.15) is 0 Å². The third kappa shape index (κ3) is 4.11. The Morgan fingerprint density at radius 2 is 0.929 bits per heavy atom. The van der Waals surface area contributed by atoms with Gasteiger partial charge in [0.2, 0.25) is 0 Å². The van der Waals surface area contributed by atoms with Crippen molar-refractivity contribution in [2.45, 2.75) is 0 Å². The van der Waals surface area contributed by atoms with E-state index in [1.807, 2.05) is 30.5 Å². The van der Waals surface area contributed by atoms with E-state index < -0.39 is 0 Å². The van der Waals surface area contributed by atoms with Crippen LogP contribution in [-0.4, -0.2) is 15.0 Å². The first-order valence-electron chi connectivity index (χ1n) is 14.1. The van der Waals surface area contributed by atoms with Crippen LogP contribution < -0.4 is 0 Å².